The van der Waals surface area contributed by atoms with E-state index in [1.165, 1.54) is 0 Å². The summed E-state index contributed by atoms with van der Waals surface area (Å²) in [5.41, 5.74) is 3.24. The van der Waals surface area contributed by atoms with Crippen molar-refractivity contribution in [3.63, 3.8) is 0 Å². The molecular formula is C13H13Cl2N5S. The molecular weight excluding hydrogens is 329 g/mol. The molecule has 1 N–H and O–H groups in total. The van der Waals surface area contributed by atoms with E-state index in [1.54, 1.807) is 6.07 Å². The van der Waals surface area contributed by atoms with Crippen molar-refractivity contribution in [3.05, 3.63) is 34.3 Å². The van der Waals surface area contributed by atoms with Crippen molar-refractivity contribution in [2.45, 2.75) is 26.4 Å². The minimum absolute atomic E-state index is 0.519. The monoisotopic (exact) mass is 341 g/mol. The smallest absolute Gasteiger partial charge is 0.130 e. The highest BCUT2D eigenvalue weighted by atomic mass is 35.5. The summed E-state index contributed by atoms with van der Waals surface area (Å²) in [7, 11) is 0. The van der Waals surface area contributed by atoms with Crippen LogP contribution in [-0.2, 0) is 13.1 Å². The fourth-order valence-corrected chi connectivity index (χ4v) is 3.34. The van der Waals surface area contributed by atoms with Gasteiger partial charge < -0.3 is 9.88 Å². The van der Waals surface area contributed by atoms with Crippen LogP contribution >= 0.6 is 34.9 Å². The van der Waals surface area contributed by atoms with Gasteiger partial charge in [0.05, 0.1) is 46.0 Å². The van der Waals surface area contributed by atoms with Gasteiger partial charge in [-0.15, -0.1) is 0 Å². The van der Waals surface area contributed by atoms with Gasteiger partial charge in [0.25, 0.3) is 0 Å². The summed E-state index contributed by atoms with van der Waals surface area (Å²) in [6.45, 7) is 3.70. The fraction of sp³-hybridized carbons (Fsp3) is 0.308. The Bertz CT molecular complexity index is 767. The van der Waals surface area contributed by atoms with E-state index in [4.69, 9.17) is 23.2 Å². The van der Waals surface area contributed by atoms with E-state index in [0.717, 1.165) is 36.1 Å². The molecule has 0 aliphatic carbocycles. The number of benzene rings is 1. The molecule has 0 fully saturated rings. The molecule has 110 valence electrons. The van der Waals surface area contributed by atoms with Crippen molar-refractivity contribution in [2.75, 3.05) is 5.32 Å². The molecule has 8 heteroatoms. The Kier molecular flexibility index (Phi) is 4.28. The molecule has 0 saturated heterocycles. The lowest BCUT2D eigenvalue weighted by molar-refractivity contribution is 0.651. The summed E-state index contributed by atoms with van der Waals surface area (Å²) < 4.78 is 10.6. The van der Waals surface area contributed by atoms with Gasteiger partial charge in [0.2, 0.25) is 0 Å². The zero-order valence-corrected chi connectivity index (χ0v) is 13.6. The average molecular weight is 342 g/mol. The van der Waals surface area contributed by atoms with Crippen molar-refractivity contribution in [1.29, 1.82) is 0 Å². The fourth-order valence-electron chi connectivity index (χ4n) is 2.16. The largest absolute Gasteiger partial charge is 0.376 e. The van der Waals surface area contributed by atoms with Crippen LogP contribution in [0.1, 0.15) is 19.0 Å². The second-order valence-electron chi connectivity index (χ2n) is 4.61. The molecule has 0 aliphatic heterocycles. The summed E-state index contributed by atoms with van der Waals surface area (Å²) in [6, 6.07) is 1.69. The normalized spacial score (nSPS) is 11.2. The number of fused-ring (bicyclic) bond motifs is 1. The molecule has 0 aliphatic rings. The van der Waals surface area contributed by atoms with E-state index >= 15 is 0 Å². The average Bonchev–Trinajstić information content (AvgIpc) is 3.08. The van der Waals surface area contributed by atoms with Crippen LogP contribution < -0.4 is 5.32 Å². The Labute approximate surface area is 136 Å². The van der Waals surface area contributed by atoms with Gasteiger partial charge in [0, 0.05) is 12.7 Å². The van der Waals surface area contributed by atoms with Crippen molar-refractivity contribution in [3.8, 4) is 0 Å². The lowest BCUT2D eigenvalue weighted by atomic mass is 10.2. The quantitative estimate of drug-likeness (QED) is 0.754. The van der Waals surface area contributed by atoms with Crippen LogP contribution in [0.25, 0.3) is 11.0 Å². The number of anilines is 1. The number of nitrogens with one attached hydrogen (secondary N) is 1. The molecule has 0 unspecified atom stereocenters. The first kappa shape index (κ1) is 14.6. The number of aryl methyl sites for hydroxylation is 1. The van der Waals surface area contributed by atoms with E-state index in [0.29, 0.717) is 27.6 Å². The van der Waals surface area contributed by atoms with Crippen LogP contribution in [0, 0.1) is 0 Å². The summed E-state index contributed by atoms with van der Waals surface area (Å²) in [5.74, 6) is 0. The lowest BCUT2D eigenvalue weighted by Crippen LogP contribution is -2.07. The van der Waals surface area contributed by atoms with E-state index < -0.39 is 0 Å². The first-order valence-electron chi connectivity index (χ1n) is 6.53. The first-order chi connectivity index (χ1) is 10.2. The molecule has 0 spiro atoms. The standard InChI is InChI=1S/C13H13Cl2N5S/c1-2-3-20-7-16-5-8(20)6-17-11-9(14)4-10(15)12-13(11)19-21-18-12/h4-5,7,17H,2-3,6H2,1H3. The van der Waals surface area contributed by atoms with Crippen LogP contribution in [0.5, 0.6) is 0 Å². The molecule has 0 saturated carbocycles. The van der Waals surface area contributed by atoms with Crippen LogP contribution in [-0.4, -0.2) is 18.3 Å². The topological polar surface area (TPSA) is 55.6 Å². The Morgan fingerprint density at radius 1 is 1.24 bits per heavy atom. The van der Waals surface area contributed by atoms with Crippen molar-refractivity contribution in [1.82, 2.24) is 18.3 Å². The maximum absolute atomic E-state index is 6.27. The Balaban J connectivity index is 1.88. The van der Waals surface area contributed by atoms with E-state index in [1.807, 2.05) is 12.5 Å². The summed E-state index contributed by atoms with van der Waals surface area (Å²) in [4.78, 5) is 4.18. The number of imidazole rings is 1. The molecule has 3 aromatic rings. The predicted molar refractivity (Wildman–Crippen MR) is 87.3 cm³/mol. The van der Waals surface area contributed by atoms with Gasteiger partial charge >= 0.3 is 0 Å². The number of hydrogen-bond donors (Lipinski definition) is 1. The second kappa shape index (κ2) is 6.17. The number of hydrogen-bond acceptors (Lipinski definition) is 5. The van der Waals surface area contributed by atoms with Crippen molar-refractivity contribution in [2.24, 2.45) is 0 Å². The summed E-state index contributed by atoms with van der Waals surface area (Å²) in [6.07, 6.45) is 4.75. The SMILES string of the molecule is CCCn1cncc1CNc1c(Cl)cc(Cl)c2nsnc12. The highest BCUT2D eigenvalue weighted by Crippen LogP contribution is 2.35. The molecule has 0 amide bonds. The van der Waals surface area contributed by atoms with Crippen molar-refractivity contribution >= 4 is 51.7 Å². The highest BCUT2D eigenvalue weighted by Gasteiger charge is 2.14. The number of aromatic nitrogens is 4. The Morgan fingerprint density at radius 3 is 2.86 bits per heavy atom. The molecule has 2 aromatic heterocycles. The van der Waals surface area contributed by atoms with Gasteiger partial charge in [0.1, 0.15) is 11.0 Å². The van der Waals surface area contributed by atoms with Gasteiger partial charge in [-0.1, -0.05) is 30.1 Å². The number of halogens is 2. The van der Waals surface area contributed by atoms with E-state index in [2.05, 4.69) is 30.5 Å². The van der Waals surface area contributed by atoms with E-state index in [9.17, 15) is 0 Å². The third-order valence-corrected chi connectivity index (χ3v) is 4.27. The first-order valence-corrected chi connectivity index (χ1v) is 8.02. The van der Waals surface area contributed by atoms with Crippen LogP contribution in [0.4, 0.5) is 5.69 Å². The molecule has 21 heavy (non-hydrogen) atoms. The van der Waals surface area contributed by atoms with Gasteiger partial charge in [-0.25, -0.2) is 4.98 Å². The molecule has 2 heterocycles. The molecule has 0 bridgehead atoms. The molecule has 5 nitrogen and oxygen atoms in total. The predicted octanol–water partition coefficient (Wildman–Crippen LogP) is 4.22. The molecule has 1 aromatic carbocycles. The van der Waals surface area contributed by atoms with Gasteiger partial charge in [-0.2, -0.15) is 8.75 Å². The molecule has 0 radical (unpaired) electrons. The molecule has 3 rings (SSSR count). The zero-order valence-electron chi connectivity index (χ0n) is 11.3. The number of nitrogens with zero attached hydrogens (tertiary/aromatic N) is 4. The van der Waals surface area contributed by atoms with Crippen LogP contribution in [0.15, 0.2) is 18.6 Å². The minimum Gasteiger partial charge on any atom is -0.376 e. The summed E-state index contributed by atoms with van der Waals surface area (Å²) in [5, 5.41) is 4.39. The van der Waals surface area contributed by atoms with Crippen LogP contribution in [0.2, 0.25) is 10.0 Å². The minimum atomic E-state index is 0.519. The second-order valence-corrected chi connectivity index (χ2v) is 5.95. The van der Waals surface area contributed by atoms with Gasteiger partial charge in [-0.3, -0.25) is 0 Å². The molecule has 0 atom stereocenters. The maximum atomic E-state index is 6.27. The third-order valence-electron chi connectivity index (χ3n) is 3.15. The maximum Gasteiger partial charge on any atom is 0.130 e. The summed E-state index contributed by atoms with van der Waals surface area (Å²) >= 11 is 13.5. The Morgan fingerprint density at radius 2 is 2.05 bits per heavy atom. The zero-order chi connectivity index (χ0) is 14.8. The lowest BCUT2D eigenvalue weighted by Gasteiger charge is -2.11. The van der Waals surface area contributed by atoms with Crippen LogP contribution in [0.3, 0.4) is 0 Å². The highest BCUT2D eigenvalue weighted by molar-refractivity contribution is 7.00. The third kappa shape index (κ3) is 2.84. The van der Waals surface area contributed by atoms with Crippen molar-refractivity contribution < 1.29 is 0 Å². The van der Waals surface area contributed by atoms with Gasteiger partial charge in [-0.05, 0) is 12.5 Å². The Hall–Kier alpha value is -1.37. The van der Waals surface area contributed by atoms with E-state index in [-0.39, 0.29) is 0 Å². The number of rotatable bonds is 5. The van der Waals surface area contributed by atoms with Gasteiger partial charge in [0.15, 0.2) is 0 Å².